The second kappa shape index (κ2) is 4.76. The number of aromatic nitrogens is 1. The number of carbonyl (C=O) groups is 1. The molecule has 0 amide bonds. The SMILES string of the molecule is Cc1sc(-c2cc(Cl)ccc2Br)nc1C(=O)O. The third kappa shape index (κ3) is 2.51. The van der Waals surface area contributed by atoms with Crippen molar-refractivity contribution in [1.82, 2.24) is 4.98 Å². The van der Waals surface area contributed by atoms with E-state index in [0.29, 0.717) is 14.9 Å². The number of hydrogen-bond acceptors (Lipinski definition) is 3. The highest BCUT2D eigenvalue weighted by Gasteiger charge is 2.16. The topological polar surface area (TPSA) is 50.2 Å². The second-order valence-electron chi connectivity index (χ2n) is 3.35. The van der Waals surface area contributed by atoms with Crippen LogP contribution in [0.3, 0.4) is 0 Å². The Morgan fingerprint density at radius 3 is 2.82 bits per heavy atom. The molecule has 0 bridgehead atoms. The number of carboxylic acid groups (broad SMARTS) is 1. The average molecular weight is 333 g/mol. The smallest absolute Gasteiger partial charge is 0.355 e. The molecule has 1 aromatic heterocycles. The summed E-state index contributed by atoms with van der Waals surface area (Å²) in [5, 5.41) is 10.2. The van der Waals surface area contributed by atoms with Gasteiger partial charge in [0, 0.05) is 19.9 Å². The maximum absolute atomic E-state index is 10.9. The molecule has 17 heavy (non-hydrogen) atoms. The summed E-state index contributed by atoms with van der Waals surface area (Å²) >= 11 is 10.7. The minimum atomic E-state index is -1.01. The lowest BCUT2D eigenvalue weighted by Gasteiger charge is -2.00. The Balaban J connectivity index is 2.57. The van der Waals surface area contributed by atoms with Crippen LogP contribution in [0.25, 0.3) is 10.6 Å². The van der Waals surface area contributed by atoms with Gasteiger partial charge >= 0.3 is 5.97 Å². The summed E-state index contributed by atoms with van der Waals surface area (Å²) in [6, 6.07) is 5.33. The van der Waals surface area contributed by atoms with Crippen molar-refractivity contribution >= 4 is 44.8 Å². The zero-order valence-corrected chi connectivity index (χ0v) is 11.9. The summed E-state index contributed by atoms with van der Waals surface area (Å²) in [6.45, 7) is 1.74. The molecule has 1 N–H and O–H groups in total. The normalized spacial score (nSPS) is 10.5. The first-order valence-corrected chi connectivity index (χ1v) is 6.64. The van der Waals surface area contributed by atoms with Crippen molar-refractivity contribution in [3.8, 4) is 10.6 Å². The molecule has 0 atom stereocenters. The van der Waals surface area contributed by atoms with Gasteiger partial charge in [-0.1, -0.05) is 27.5 Å². The zero-order chi connectivity index (χ0) is 12.6. The Hall–Kier alpha value is -0.910. The summed E-state index contributed by atoms with van der Waals surface area (Å²) in [5.41, 5.74) is 0.898. The van der Waals surface area contributed by atoms with Gasteiger partial charge in [-0.3, -0.25) is 0 Å². The molecule has 6 heteroatoms. The summed E-state index contributed by atoms with van der Waals surface area (Å²) < 4.78 is 0.840. The van der Waals surface area contributed by atoms with E-state index in [9.17, 15) is 4.79 Å². The summed E-state index contributed by atoms with van der Waals surface area (Å²) in [4.78, 5) is 15.7. The number of hydrogen-bond donors (Lipinski definition) is 1. The van der Waals surface area contributed by atoms with Crippen LogP contribution in [-0.4, -0.2) is 16.1 Å². The van der Waals surface area contributed by atoms with Crippen molar-refractivity contribution in [3.63, 3.8) is 0 Å². The van der Waals surface area contributed by atoms with Gasteiger partial charge in [0.15, 0.2) is 5.69 Å². The molecule has 2 aromatic rings. The summed E-state index contributed by atoms with van der Waals surface area (Å²) in [5.74, 6) is -1.01. The van der Waals surface area contributed by atoms with Crippen LogP contribution in [0.5, 0.6) is 0 Å². The maximum Gasteiger partial charge on any atom is 0.355 e. The van der Waals surface area contributed by atoms with Crippen LogP contribution in [0.1, 0.15) is 15.4 Å². The fourth-order valence-electron chi connectivity index (χ4n) is 1.37. The van der Waals surface area contributed by atoms with E-state index in [1.54, 1.807) is 19.1 Å². The Bertz CT molecular complexity index is 597. The quantitative estimate of drug-likeness (QED) is 0.895. The van der Waals surface area contributed by atoms with Crippen molar-refractivity contribution in [1.29, 1.82) is 0 Å². The van der Waals surface area contributed by atoms with Crippen molar-refractivity contribution in [2.45, 2.75) is 6.92 Å². The van der Waals surface area contributed by atoms with Crippen LogP contribution in [0.2, 0.25) is 5.02 Å². The molecular formula is C11H7BrClNO2S. The third-order valence-electron chi connectivity index (χ3n) is 2.16. The molecule has 0 aliphatic heterocycles. The fourth-order valence-corrected chi connectivity index (χ4v) is 3.04. The predicted octanol–water partition coefficient (Wildman–Crippen LogP) is 4.23. The Labute approximate surface area is 115 Å². The van der Waals surface area contributed by atoms with Gasteiger partial charge in [0.1, 0.15) is 5.01 Å². The maximum atomic E-state index is 10.9. The first kappa shape index (κ1) is 12.5. The largest absolute Gasteiger partial charge is 0.476 e. The van der Waals surface area contributed by atoms with Crippen LogP contribution >= 0.6 is 38.9 Å². The Morgan fingerprint density at radius 2 is 2.24 bits per heavy atom. The molecular weight excluding hydrogens is 326 g/mol. The lowest BCUT2D eigenvalue weighted by atomic mass is 10.2. The van der Waals surface area contributed by atoms with Gasteiger partial charge in [-0.15, -0.1) is 11.3 Å². The van der Waals surface area contributed by atoms with Crippen LogP contribution in [0, 0.1) is 6.92 Å². The molecule has 0 unspecified atom stereocenters. The fraction of sp³-hybridized carbons (Fsp3) is 0.0909. The van der Waals surface area contributed by atoms with E-state index < -0.39 is 5.97 Å². The Kier molecular flexibility index (Phi) is 3.51. The molecule has 0 saturated heterocycles. The van der Waals surface area contributed by atoms with E-state index in [0.717, 1.165) is 10.0 Å². The molecule has 0 fully saturated rings. The van der Waals surface area contributed by atoms with Crippen LogP contribution < -0.4 is 0 Å². The summed E-state index contributed by atoms with van der Waals surface area (Å²) in [7, 11) is 0. The highest BCUT2D eigenvalue weighted by molar-refractivity contribution is 9.10. The monoisotopic (exact) mass is 331 g/mol. The summed E-state index contributed by atoms with van der Waals surface area (Å²) in [6.07, 6.45) is 0. The highest BCUT2D eigenvalue weighted by atomic mass is 79.9. The number of benzene rings is 1. The van der Waals surface area contributed by atoms with Gasteiger partial charge in [-0.05, 0) is 25.1 Å². The predicted molar refractivity (Wildman–Crippen MR) is 72.0 cm³/mol. The van der Waals surface area contributed by atoms with Crippen molar-refractivity contribution < 1.29 is 9.90 Å². The molecule has 3 nitrogen and oxygen atoms in total. The first-order chi connectivity index (χ1) is 7.99. The molecule has 1 heterocycles. The van der Waals surface area contributed by atoms with Crippen LogP contribution in [0.15, 0.2) is 22.7 Å². The molecule has 0 aliphatic rings. The zero-order valence-electron chi connectivity index (χ0n) is 8.70. The number of aromatic carboxylic acids is 1. The van der Waals surface area contributed by atoms with Gasteiger partial charge in [-0.25, -0.2) is 9.78 Å². The van der Waals surface area contributed by atoms with Gasteiger partial charge in [-0.2, -0.15) is 0 Å². The van der Waals surface area contributed by atoms with Crippen molar-refractivity contribution in [2.75, 3.05) is 0 Å². The molecule has 0 saturated carbocycles. The number of aryl methyl sites for hydroxylation is 1. The molecule has 0 spiro atoms. The number of carboxylic acids is 1. The second-order valence-corrected chi connectivity index (χ2v) is 5.85. The Morgan fingerprint density at radius 1 is 1.53 bits per heavy atom. The number of halogens is 2. The lowest BCUT2D eigenvalue weighted by molar-refractivity contribution is 0.0690. The lowest BCUT2D eigenvalue weighted by Crippen LogP contribution is -1.98. The van der Waals surface area contributed by atoms with E-state index in [-0.39, 0.29) is 5.69 Å². The van der Waals surface area contributed by atoms with E-state index in [1.165, 1.54) is 11.3 Å². The molecule has 0 aliphatic carbocycles. The molecule has 0 radical (unpaired) electrons. The van der Waals surface area contributed by atoms with Gasteiger partial charge < -0.3 is 5.11 Å². The van der Waals surface area contributed by atoms with Crippen molar-refractivity contribution in [2.24, 2.45) is 0 Å². The van der Waals surface area contributed by atoms with E-state index in [1.807, 2.05) is 6.07 Å². The molecule has 88 valence electrons. The number of rotatable bonds is 2. The number of thiazole rings is 1. The molecule has 2 rings (SSSR count). The van der Waals surface area contributed by atoms with Gasteiger partial charge in [0.2, 0.25) is 0 Å². The molecule has 1 aromatic carbocycles. The number of nitrogens with zero attached hydrogens (tertiary/aromatic N) is 1. The van der Waals surface area contributed by atoms with Gasteiger partial charge in [0.05, 0.1) is 0 Å². The van der Waals surface area contributed by atoms with Crippen molar-refractivity contribution in [3.05, 3.63) is 38.3 Å². The minimum Gasteiger partial charge on any atom is -0.476 e. The average Bonchev–Trinajstić information content (AvgIpc) is 2.64. The van der Waals surface area contributed by atoms with E-state index in [2.05, 4.69) is 20.9 Å². The minimum absolute atomic E-state index is 0.0943. The van der Waals surface area contributed by atoms with Gasteiger partial charge in [0.25, 0.3) is 0 Å². The standard InChI is InChI=1S/C11H7BrClNO2S/c1-5-9(11(15)16)14-10(17-5)7-4-6(13)2-3-8(7)12/h2-4H,1H3,(H,15,16). The van der Waals surface area contributed by atoms with Crippen LogP contribution in [-0.2, 0) is 0 Å². The van der Waals surface area contributed by atoms with E-state index >= 15 is 0 Å². The third-order valence-corrected chi connectivity index (χ3v) is 4.09. The highest BCUT2D eigenvalue weighted by Crippen LogP contribution is 2.34. The van der Waals surface area contributed by atoms with E-state index in [4.69, 9.17) is 16.7 Å². The first-order valence-electron chi connectivity index (χ1n) is 4.65. The van der Waals surface area contributed by atoms with Crippen LogP contribution in [0.4, 0.5) is 0 Å².